The van der Waals surface area contributed by atoms with Crippen LogP contribution >= 0.6 is 11.6 Å². The summed E-state index contributed by atoms with van der Waals surface area (Å²) >= 11 is 5.77. The highest BCUT2D eigenvalue weighted by Crippen LogP contribution is 2.14. The third-order valence-corrected chi connectivity index (χ3v) is 2.64. The summed E-state index contributed by atoms with van der Waals surface area (Å²) in [6, 6.07) is 4.84. The van der Waals surface area contributed by atoms with Crippen molar-refractivity contribution in [3.05, 3.63) is 29.3 Å². The number of urea groups is 2. The fourth-order valence-electron chi connectivity index (χ4n) is 1.54. The summed E-state index contributed by atoms with van der Waals surface area (Å²) in [5.41, 5.74) is 0.532. The first kappa shape index (κ1) is 13.2. The predicted molar refractivity (Wildman–Crippen MR) is 68.9 cm³/mol. The number of imide groups is 1. The second kappa shape index (κ2) is 5.57. The van der Waals surface area contributed by atoms with E-state index >= 15 is 0 Å². The van der Waals surface area contributed by atoms with Gasteiger partial charge in [0.1, 0.15) is 6.04 Å². The SMILES string of the molecule is O=C(NCC1NC(=O)NC1=O)Nc1cccc(Cl)c1. The predicted octanol–water partition coefficient (Wildman–Crippen LogP) is 0.670. The number of hydrogen-bond donors (Lipinski definition) is 4. The second-order valence-corrected chi connectivity index (χ2v) is 4.30. The third kappa shape index (κ3) is 3.59. The smallest absolute Gasteiger partial charge is 0.322 e. The average molecular weight is 283 g/mol. The lowest BCUT2D eigenvalue weighted by Gasteiger charge is -2.10. The van der Waals surface area contributed by atoms with E-state index in [1.54, 1.807) is 24.3 Å². The van der Waals surface area contributed by atoms with Crippen molar-refractivity contribution >= 4 is 35.3 Å². The van der Waals surface area contributed by atoms with Crippen LogP contribution < -0.4 is 21.3 Å². The van der Waals surface area contributed by atoms with Gasteiger partial charge >= 0.3 is 12.1 Å². The van der Waals surface area contributed by atoms with Gasteiger partial charge in [-0.05, 0) is 18.2 Å². The van der Waals surface area contributed by atoms with Crippen LogP contribution in [0.15, 0.2) is 24.3 Å². The Hall–Kier alpha value is -2.28. The summed E-state index contributed by atoms with van der Waals surface area (Å²) in [4.78, 5) is 33.6. The molecule has 0 spiro atoms. The van der Waals surface area contributed by atoms with Gasteiger partial charge in [-0.2, -0.15) is 0 Å². The van der Waals surface area contributed by atoms with Gasteiger partial charge in [-0.3, -0.25) is 10.1 Å². The number of benzene rings is 1. The number of carbonyl (C=O) groups is 3. The van der Waals surface area contributed by atoms with E-state index in [1.807, 2.05) is 0 Å². The lowest BCUT2D eigenvalue weighted by atomic mass is 10.3. The fraction of sp³-hybridized carbons (Fsp3) is 0.182. The first-order valence-corrected chi connectivity index (χ1v) is 5.84. The summed E-state index contributed by atoms with van der Waals surface area (Å²) in [5, 5.41) is 9.97. The molecule has 5 amide bonds. The minimum Gasteiger partial charge on any atom is -0.335 e. The van der Waals surface area contributed by atoms with Gasteiger partial charge in [0.25, 0.3) is 5.91 Å². The minimum atomic E-state index is -0.752. The van der Waals surface area contributed by atoms with Crippen LogP contribution in [0.5, 0.6) is 0 Å². The van der Waals surface area contributed by atoms with Crippen molar-refractivity contribution in [2.45, 2.75) is 6.04 Å². The maximum absolute atomic E-state index is 11.6. The number of hydrogen-bond acceptors (Lipinski definition) is 3. The average Bonchev–Trinajstić information content (AvgIpc) is 2.65. The maximum atomic E-state index is 11.6. The molecule has 8 heteroatoms. The van der Waals surface area contributed by atoms with Crippen LogP contribution in [-0.2, 0) is 4.79 Å². The molecule has 1 aliphatic heterocycles. The van der Waals surface area contributed by atoms with Crippen LogP contribution in [-0.4, -0.2) is 30.6 Å². The van der Waals surface area contributed by atoms with Crippen molar-refractivity contribution in [1.82, 2.24) is 16.0 Å². The Morgan fingerprint density at radius 2 is 2.16 bits per heavy atom. The van der Waals surface area contributed by atoms with Gasteiger partial charge in [0.05, 0.1) is 0 Å². The Morgan fingerprint density at radius 3 is 2.79 bits per heavy atom. The number of halogens is 1. The Kier molecular flexibility index (Phi) is 3.86. The molecule has 0 radical (unpaired) electrons. The molecule has 1 saturated heterocycles. The number of rotatable bonds is 3. The molecule has 7 nitrogen and oxygen atoms in total. The van der Waals surface area contributed by atoms with Crippen molar-refractivity contribution in [1.29, 1.82) is 0 Å². The lowest BCUT2D eigenvalue weighted by Crippen LogP contribution is -2.43. The van der Waals surface area contributed by atoms with Crippen LogP contribution in [0.1, 0.15) is 0 Å². The molecule has 0 saturated carbocycles. The molecule has 1 aromatic rings. The van der Waals surface area contributed by atoms with Gasteiger partial charge in [0.15, 0.2) is 0 Å². The zero-order valence-electron chi connectivity index (χ0n) is 9.70. The maximum Gasteiger partial charge on any atom is 0.322 e. The Bertz CT molecular complexity index is 534. The largest absolute Gasteiger partial charge is 0.335 e. The summed E-state index contributed by atoms with van der Waals surface area (Å²) < 4.78 is 0. The lowest BCUT2D eigenvalue weighted by molar-refractivity contribution is -0.120. The highest BCUT2D eigenvalue weighted by molar-refractivity contribution is 6.30. The highest BCUT2D eigenvalue weighted by Gasteiger charge is 2.29. The van der Waals surface area contributed by atoms with Crippen LogP contribution in [0.2, 0.25) is 5.02 Å². The molecule has 1 unspecified atom stereocenters. The topological polar surface area (TPSA) is 99.3 Å². The minimum absolute atomic E-state index is 0.00394. The molecule has 0 aliphatic carbocycles. The van der Waals surface area contributed by atoms with Crippen LogP contribution in [0.3, 0.4) is 0 Å². The summed E-state index contributed by atoms with van der Waals surface area (Å²) in [6.45, 7) is 0.00394. The third-order valence-electron chi connectivity index (χ3n) is 2.41. The van der Waals surface area contributed by atoms with Gasteiger partial charge in [0, 0.05) is 17.3 Å². The molecule has 1 fully saturated rings. The zero-order chi connectivity index (χ0) is 13.8. The molecule has 1 heterocycles. The Morgan fingerprint density at radius 1 is 1.37 bits per heavy atom. The molecule has 1 aromatic carbocycles. The summed E-state index contributed by atoms with van der Waals surface area (Å²) in [5.74, 6) is -0.465. The number of carbonyl (C=O) groups excluding carboxylic acids is 3. The molecular weight excluding hydrogens is 272 g/mol. The molecule has 1 atom stereocenters. The number of nitrogens with one attached hydrogen (secondary N) is 4. The number of anilines is 1. The van der Waals surface area contributed by atoms with E-state index in [0.717, 1.165) is 0 Å². The van der Waals surface area contributed by atoms with Gasteiger partial charge in [0.2, 0.25) is 0 Å². The van der Waals surface area contributed by atoms with Crippen molar-refractivity contribution in [3.63, 3.8) is 0 Å². The van der Waals surface area contributed by atoms with Crippen molar-refractivity contribution in [2.24, 2.45) is 0 Å². The zero-order valence-corrected chi connectivity index (χ0v) is 10.5. The van der Waals surface area contributed by atoms with Crippen molar-refractivity contribution in [3.8, 4) is 0 Å². The number of amides is 5. The summed E-state index contributed by atoms with van der Waals surface area (Å²) in [7, 11) is 0. The van der Waals surface area contributed by atoms with Gasteiger partial charge < -0.3 is 16.0 Å². The Balaban J connectivity index is 1.82. The summed E-state index contributed by atoms with van der Waals surface area (Å²) in [6.07, 6.45) is 0. The molecule has 2 rings (SSSR count). The van der Waals surface area contributed by atoms with Gasteiger partial charge in [-0.15, -0.1) is 0 Å². The van der Waals surface area contributed by atoms with Crippen LogP contribution in [0, 0.1) is 0 Å². The Labute approximate surface area is 113 Å². The normalized spacial score (nSPS) is 17.6. The molecular formula is C11H11ClN4O3. The quantitative estimate of drug-likeness (QED) is 0.613. The van der Waals surface area contributed by atoms with E-state index in [1.165, 1.54) is 0 Å². The second-order valence-electron chi connectivity index (χ2n) is 3.86. The molecule has 4 N–H and O–H groups in total. The van der Waals surface area contributed by atoms with Crippen molar-refractivity contribution < 1.29 is 14.4 Å². The monoisotopic (exact) mass is 282 g/mol. The van der Waals surface area contributed by atoms with E-state index in [9.17, 15) is 14.4 Å². The van der Waals surface area contributed by atoms with E-state index < -0.39 is 24.0 Å². The van der Waals surface area contributed by atoms with E-state index in [0.29, 0.717) is 10.7 Å². The molecule has 0 bridgehead atoms. The fourth-order valence-corrected chi connectivity index (χ4v) is 1.73. The van der Waals surface area contributed by atoms with Crippen LogP contribution in [0.25, 0.3) is 0 Å². The van der Waals surface area contributed by atoms with Crippen LogP contribution in [0.4, 0.5) is 15.3 Å². The van der Waals surface area contributed by atoms with E-state index in [-0.39, 0.29) is 6.54 Å². The van der Waals surface area contributed by atoms with Gasteiger partial charge in [-0.25, -0.2) is 9.59 Å². The molecule has 1 aliphatic rings. The highest BCUT2D eigenvalue weighted by atomic mass is 35.5. The van der Waals surface area contributed by atoms with E-state index in [4.69, 9.17) is 11.6 Å². The molecule has 100 valence electrons. The first-order chi connectivity index (χ1) is 9.04. The van der Waals surface area contributed by atoms with E-state index in [2.05, 4.69) is 21.3 Å². The standard InChI is InChI=1S/C11H11ClN4O3/c12-6-2-1-3-7(4-6)14-10(18)13-5-8-9(17)16-11(19)15-8/h1-4,8H,5H2,(H2,13,14,18)(H2,15,16,17,19). The molecule has 19 heavy (non-hydrogen) atoms. The van der Waals surface area contributed by atoms with Crippen molar-refractivity contribution in [2.75, 3.05) is 11.9 Å². The first-order valence-electron chi connectivity index (χ1n) is 5.46. The molecule has 0 aromatic heterocycles. The van der Waals surface area contributed by atoms with Gasteiger partial charge in [-0.1, -0.05) is 17.7 Å².